The Kier molecular flexibility index (Phi) is 4.31. The van der Waals surface area contributed by atoms with E-state index in [2.05, 4.69) is 20.8 Å². The molecule has 0 aromatic heterocycles. The van der Waals surface area contributed by atoms with Crippen molar-refractivity contribution in [1.82, 2.24) is 4.90 Å². The zero-order valence-corrected chi connectivity index (χ0v) is 13.4. The fourth-order valence-corrected chi connectivity index (χ4v) is 4.26. The van der Waals surface area contributed by atoms with Crippen molar-refractivity contribution in [2.45, 2.75) is 50.7 Å². The van der Waals surface area contributed by atoms with Crippen molar-refractivity contribution in [2.75, 3.05) is 0 Å². The number of rotatable bonds is 3. The number of carbonyl (C=O) groups is 1. The molecule has 0 spiro atoms. The molecule has 1 aromatic rings. The minimum atomic E-state index is -0.753. The lowest BCUT2D eigenvalue weighted by molar-refractivity contribution is -0.142. The second kappa shape index (κ2) is 6.05. The predicted octanol–water partition coefficient (Wildman–Crippen LogP) is 3.81. The number of fused-ring (bicyclic) bond motifs is 1. The molecule has 3 rings (SSSR count). The molecule has 5 heteroatoms. The minimum Gasteiger partial charge on any atom is -0.480 e. The third kappa shape index (κ3) is 2.99. The third-order valence-corrected chi connectivity index (χ3v) is 5.64. The van der Waals surface area contributed by atoms with Crippen LogP contribution < -0.4 is 0 Å². The molecule has 1 aromatic carbocycles. The van der Waals surface area contributed by atoms with Gasteiger partial charge in [-0.3, -0.25) is 9.69 Å². The maximum Gasteiger partial charge on any atom is 0.320 e. The lowest BCUT2D eigenvalue weighted by atomic mass is 9.84. The van der Waals surface area contributed by atoms with E-state index in [4.69, 9.17) is 0 Å². The second-order valence-electron chi connectivity index (χ2n) is 6.11. The van der Waals surface area contributed by atoms with E-state index in [0.29, 0.717) is 18.5 Å². The average molecular weight is 356 g/mol. The normalized spacial score (nSPS) is 29.3. The van der Waals surface area contributed by atoms with Crippen molar-refractivity contribution in [1.29, 1.82) is 0 Å². The van der Waals surface area contributed by atoms with E-state index in [1.54, 1.807) is 6.07 Å². The molecule has 1 saturated carbocycles. The molecule has 3 atom stereocenters. The Hall–Kier alpha value is -0.940. The first kappa shape index (κ1) is 15.0. The first-order chi connectivity index (χ1) is 10.1. The van der Waals surface area contributed by atoms with Crippen molar-refractivity contribution in [3.05, 3.63) is 34.1 Å². The van der Waals surface area contributed by atoms with E-state index < -0.39 is 12.0 Å². The fourth-order valence-electron chi connectivity index (χ4n) is 3.88. The summed E-state index contributed by atoms with van der Waals surface area (Å²) in [6, 6.07) is 4.49. The SMILES string of the molecule is O=C(O)[C@@H]1C[C@@H]2CCCC[C@H]2N1Cc1cc(F)ccc1Br. The Balaban J connectivity index is 1.86. The highest BCUT2D eigenvalue weighted by Crippen LogP contribution is 2.41. The lowest BCUT2D eigenvalue weighted by Crippen LogP contribution is -2.41. The number of halogens is 2. The topological polar surface area (TPSA) is 40.5 Å². The monoisotopic (exact) mass is 355 g/mol. The van der Waals surface area contributed by atoms with Crippen LogP contribution in [0, 0.1) is 11.7 Å². The van der Waals surface area contributed by atoms with Gasteiger partial charge in [0.05, 0.1) is 0 Å². The van der Waals surface area contributed by atoms with Gasteiger partial charge < -0.3 is 5.11 Å². The first-order valence-electron chi connectivity index (χ1n) is 7.48. The molecule has 1 heterocycles. The summed E-state index contributed by atoms with van der Waals surface area (Å²) in [5.74, 6) is -0.552. The molecule has 0 amide bonds. The Morgan fingerprint density at radius 1 is 1.38 bits per heavy atom. The highest BCUT2D eigenvalue weighted by atomic mass is 79.9. The van der Waals surface area contributed by atoms with E-state index in [0.717, 1.165) is 35.7 Å². The van der Waals surface area contributed by atoms with Gasteiger partial charge in [-0.2, -0.15) is 0 Å². The van der Waals surface area contributed by atoms with E-state index >= 15 is 0 Å². The first-order valence-corrected chi connectivity index (χ1v) is 8.28. The Labute approximate surface area is 132 Å². The van der Waals surface area contributed by atoms with Gasteiger partial charge in [-0.1, -0.05) is 28.8 Å². The molecule has 0 radical (unpaired) electrons. The van der Waals surface area contributed by atoms with Gasteiger partial charge in [-0.05, 0) is 48.9 Å². The highest BCUT2D eigenvalue weighted by Gasteiger charge is 2.45. The Bertz CT molecular complexity index is 551. The van der Waals surface area contributed by atoms with Gasteiger partial charge in [0.15, 0.2) is 0 Å². The zero-order valence-electron chi connectivity index (χ0n) is 11.8. The summed E-state index contributed by atoms with van der Waals surface area (Å²) < 4.78 is 14.3. The number of carboxylic acid groups (broad SMARTS) is 1. The Morgan fingerprint density at radius 2 is 2.14 bits per heavy atom. The highest BCUT2D eigenvalue weighted by molar-refractivity contribution is 9.10. The van der Waals surface area contributed by atoms with Crippen molar-refractivity contribution in [2.24, 2.45) is 5.92 Å². The molecule has 2 aliphatic rings. The number of likely N-dealkylation sites (tertiary alicyclic amines) is 1. The van der Waals surface area contributed by atoms with Crippen molar-refractivity contribution in [3.8, 4) is 0 Å². The summed E-state index contributed by atoms with van der Waals surface area (Å²) >= 11 is 3.44. The molecule has 1 saturated heterocycles. The minimum absolute atomic E-state index is 0.278. The molecule has 3 nitrogen and oxygen atoms in total. The van der Waals surface area contributed by atoms with Crippen molar-refractivity contribution < 1.29 is 14.3 Å². The summed E-state index contributed by atoms with van der Waals surface area (Å²) in [4.78, 5) is 13.6. The van der Waals surface area contributed by atoms with Crippen LogP contribution in [0.5, 0.6) is 0 Å². The molecule has 2 fully saturated rings. The average Bonchev–Trinajstić information content (AvgIpc) is 2.82. The quantitative estimate of drug-likeness (QED) is 0.896. The van der Waals surface area contributed by atoms with Gasteiger partial charge in [0.2, 0.25) is 0 Å². The van der Waals surface area contributed by atoms with Gasteiger partial charge in [-0.15, -0.1) is 0 Å². The maximum atomic E-state index is 13.5. The van der Waals surface area contributed by atoms with Crippen LogP contribution in [0.3, 0.4) is 0 Å². The number of aliphatic carboxylic acids is 1. The van der Waals surface area contributed by atoms with Crippen molar-refractivity contribution >= 4 is 21.9 Å². The largest absolute Gasteiger partial charge is 0.480 e. The van der Waals surface area contributed by atoms with Crippen LogP contribution in [0.2, 0.25) is 0 Å². The van der Waals surface area contributed by atoms with Crippen LogP contribution in [-0.4, -0.2) is 28.1 Å². The summed E-state index contributed by atoms with van der Waals surface area (Å²) in [5.41, 5.74) is 0.826. The lowest BCUT2D eigenvalue weighted by Gasteiger charge is -2.33. The zero-order chi connectivity index (χ0) is 15.0. The van der Waals surface area contributed by atoms with E-state index in [1.165, 1.54) is 18.6 Å². The van der Waals surface area contributed by atoms with E-state index in [-0.39, 0.29) is 5.82 Å². The van der Waals surface area contributed by atoms with Gasteiger partial charge >= 0.3 is 5.97 Å². The van der Waals surface area contributed by atoms with Crippen LogP contribution in [-0.2, 0) is 11.3 Å². The molecule has 114 valence electrons. The second-order valence-corrected chi connectivity index (χ2v) is 6.96. The summed E-state index contributed by atoms with van der Waals surface area (Å²) in [6.07, 6.45) is 5.27. The van der Waals surface area contributed by atoms with Crippen LogP contribution in [0.1, 0.15) is 37.7 Å². The number of hydrogen-bond acceptors (Lipinski definition) is 2. The summed E-state index contributed by atoms with van der Waals surface area (Å²) in [5, 5.41) is 9.51. The molecule has 1 N–H and O–H groups in total. The fraction of sp³-hybridized carbons (Fsp3) is 0.562. The van der Waals surface area contributed by atoms with E-state index in [9.17, 15) is 14.3 Å². The molecular formula is C16H19BrFNO2. The van der Waals surface area contributed by atoms with Gasteiger partial charge in [0, 0.05) is 17.1 Å². The molecule has 21 heavy (non-hydrogen) atoms. The Morgan fingerprint density at radius 3 is 2.90 bits per heavy atom. The molecule has 0 unspecified atom stereocenters. The van der Waals surface area contributed by atoms with Crippen LogP contribution in [0.25, 0.3) is 0 Å². The van der Waals surface area contributed by atoms with Crippen molar-refractivity contribution in [3.63, 3.8) is 0 Å². The van der Waals surface area contributed by atoms with Gasteiger partial charge in [0.25, 0.3) is 0 Å². The van der Waals surface area contributed by atoms with E-state index in [1.807, 2.05) is 0 Å². The van der Waals surface area contributed by atoms with Gasteiger partial charge in [0.1, 0.15) is 11.9 Å². The summed E-state index contributed by atoms with van der Waals surface area (Å²) in [7, 11) is 0. The maximum absolute atomic E-state index is 13.5. The van der Waals surface area contributed by atoms with Crippen LogP contribution >= 0.6 is 15.9 Å². The molecule has 0 bridgehead atoms. The smallest absolute Gasteiger partial charge is 0.320 e. The number of hydrogen-bond donors (Lipinski definition) is 1. The summed E-state index contributed by atoms with van der Waals surface area (Å²) in [6.45, 7) is 0.497. The van der Waals surface area contributed by atoms with Crippen LogP contribution in [0.4, 0.5) is 4.39 Å². The van der Waals surface area contributed by atoms with Crippen LogP contribution in [0.15, 0.2) is 22.7 Å². The van der Waals surface area contributed by atoms with Gasteiger partial charge in [-0.25, -0.2) is 4.39 Å². The predicted molar refractivity (Wildman–Crippen MR) is 81.4 cm³/mol. The standard InChI is InChI=1S/C16H19BrFNO2/c17-13-6-5-12(18)7-11(13)9-19-14-4-2-1-3-10(14)8-15(19)16(20)21/h5-7,10,14-15H,1-4,8-9H2,(H,20,21)/t10-,14+,15-/m0/s1. The third-order valence-electron chi connectivity index (χ3n) is 4.87. The molecule has 1 aliphatic heterocycles. The number of carboxylic acids is 1. The molecular weight excluding hydrogens is 337 g/mol. The number of nitrogens with zero attached hydrogens (tertiary/aromatic N) is 1. The number of benzene rings is 1. The molecule has 1 aliphatic carbocycles.